The number of hydrogen-bond donors (Lipinski definition) is 0. The van der Waals surface area contributed by atoms with Gasteiger partial charge in [0.05, 0.1) is 0 Å². The minimum absolute atomic E-state index is 0. The van der Waals surface area contributed by atoms with Gasteiger partial charge in [-0.25, -0.2) is 0 Å². The number of halogens is 1. The second-order valence-electron chi connectivity index (χ2n) is 1.51. The topological polar surface area (TPSA) is 43.1 Å². The van der Waals surface area contributed by atoms with Crippen LogP contribution in [0.25, 0.3) is 0 Å². The number of nitro groups is 1. The Balaban J connectivity index is 0. The molecule has 0 aliphatic rings. The molecule has 0 heterocycles. The number of alkyl halides is 1. The molecule has 0 aromatic carbocycles. The van der Waals surface area contributed by atoms with Crippen LogP contribution in [-0.2, 0) is 27.3 Å². The average molecular weight is 294 g/mol. The molecule has 0 bridgehead atoms. The summed E-state index contributed by atoms with van der Waals surface area (Å²) in [6.45, 7) is 1.91. The fraction of sp³-hybridized carbons (Fsp3) is 1.00. The molecule has 0 N–H and O–H groups in total. The maximum atomic E-state index is 9.85. The molecular weight excluding hydrogens is 286 g/mol. The maximum absolute atomic E-state index is 9.85. The van der Waals surface area contributed by atoms with Crippen molar-refractivity contribution < 1.29 is 32.2 Å². The Labute approximate surface area is 82.6 Å². The van der Waals surface area contributed by atoms with Gasteiger partial charge in [-0.3, -0.25) is 10.1 Å². The predicted octanol–water partition coefficient (Wildman–Crippen LogP) is 1.78. The minimum Gasteiger partial charge on any atom is -0.263 e. The van der Waals surface area contributed by atoms with Crippen molar-refractivity contribution in [1.82, 2.24) is 0 Å². The van der Waals surface area contributed by atoms with Gasteiger partial charge in [0.2, 0.25) is 0 Å². The molecule has 3 nitrogen and oxygen atoms in total. The van der Waals surface area contributed by atoms with Crippen molar-refractivity contribution in [3.63, 3.8) is 0 Å². The second kappa shape index (κ2) is 6.92. The van der Waals surface area contributed by atoms with Crippen LogP contribution in [0.2, 0.25) is 0 Å². The molecule has 0 saturated carbocycles. The zero-order valence-electron chi connectivity index (χ0n) is 5.34. The van der Waals surface area contributed by atoms with E-state index in [4.69, 9.17) is 0 Å². The van der Waals surface area contributed by atoms with Crippen LogP contribution in [0.5, 0.6) is 0 Å². The predicted molar refractivity (Wildman–Crippen MR) is 34.6 cm³/mol. The van der Waals surface area contributed by atoms with Crippen LogP contribution in [0.15, 0.2) is 0 Å². The van der Waals surface area contributed by atoms with Crippen molar-refractivity contribution >= 4 is 15.9 Å². The summed E-state index contributed by atoms with van der Waals surface area (Å²) in [5, 5.41) is 9.85. The van der Waals surface area contributed by atoms with E-state index in [9.17, 15) is 10.1 Å². The maximum Gasteiger partial charge on any atom is 2.00 e. The molecule has 0 amide bonds. The van der Waals surface area contributed by atoms with Gasteiger partial charge in [-0.2, -0.15) is 0 Å². The van der Waals surface area contributed by atoms with Crippen molar-refractivity contribution in [2.75, 3.05) is 0 Å². The average Bonchev–Trinajstić information content (AvgIpc) is 1.67. The van der Waals surface area contributed by atoms with Crippen LogP contribution >= 0.6 is 15.9 Å². The third kappa shape index (κ3) is 6.69. The molecule has 0 aromatic rings. The van der Waals surface area contributed by atoms with Crippen LogP contribution in [0.3, 0.4) is 0 Å². The number of rotatable bonds is 3. The van der Waals surface area contributed by atoms with E-state index >= 15 is 0 Å². The van der Waals surface area contributed by atoms with E-state index in [1.165, 1.54) is 0 Å². The molecule has 48 valence electrons. The van der Waals surface area contributed by atoms with Gasteiger partial charge in [-0.1, -0.05) is 6.92 Å². The summed E-state index contributed by atoms with van der Waals surface area (Å²) in [5.41, 5.74) is 0. The molecule has 0 saturated heterocycles. The van der Waals surface area contributed by atoms with Crippen molar-refractivity contribution in [1.29, 1.82) is 0 Å². The third-order valence-corrected chi connectivity index (χ3v) is 1.55. The first-order valence-electron chi connectivity index (χ1n) is 2.46. The first-order chi connectivity index (χ1) is 3.68. The van der Waals surface area contributed by atoms with Gasteiger partial charge in [0.25, 0.3) is 4.95 Å². The molecule has 0 fully saturated rings. The molecule has 1 atom stereocenters. The summed E-state index contributed by atoms with van der Waals surface area (Å²) in [6.07, 6.45) is 1.45. The van der Waals surface area contributed by atoms with E-state index < -0.39 is 4.95 Å². The summed E-state index contributed by atoms with van der Waals surface area (Å²) >= 11 is 2.90. The summed E-state index contributed by atoms with van der Waals surface area (Å²) in [5.74, 6) is 0. The summed E-state index contributed by atoms with van der Waals surface area (Å²) < 4.78 is 0. The fourth-order valence-corrected chi connectivity index (χ4v) is 0.801. The van der Waals surface area contributed by atoms with Gasteiger partial charge >= 0.3 is 27.3 Å². The van der Waals surface area contributed by atoms with E-state index in [2.05, 4.69) is 15.9 Å². The zero-order chi connectivity index (χ0) is 6.57. The fourth-order valence-electron chi connectivity index (χ4n) is 0.344. The largest absolute Gasteiger partial charge is 2.00 e. The molecule has 0 aliphatic carbocycles. The van der Waals surface area contributed by atoms with Crippen LogP contribution in [0.1, 0.15) is 19.8 Å². The van der Waals surface area contributed by atoms with Crippen LogP contribution < -0.4 is 0 Å². The summed E-state index contributed by atoms with van der Waals surface area (Å²) in [6, 6.07) is 0. The first kappa shape index (κ1) is 12.5. The minimum atomic E-state index is -0.549. The molecule has 0 aliphatic heterocycles. The van der Waals surface area contributed by atoms with Gasteiger partial charge in [-0.15, -0.1) is 0 Å². The Morgan fingerprint density at radius 2 is 2.22 bits per heavy atom. The normalized spacial score (nSPS) is 11.8. The van der Waals surface area contributed by atoms with Crippen molar-refractivity contribution in [3.05, 3.63) is 10.1 Å². The summed E-state index contributed by atoms with van der Waals surface area (Å²) in [4.78, 5) is 8.97. The van der Waals surface area contributed by atoms with Gasteiger partial charge in [-0.05, 0) is 22.4 Å². The molecule has 0 rings (SSSR count). The van der Waals surface area contributed by atoms with Crippen LogP contribution in [0.4, 0.5) is 0 Å². The molecule has 0 spiro atoms. The van der Waals surface area contributed by atoms with Crippen molar-refractivity contribution in [3.8, 4) is 0 Å². The quantitative estimate of drug-likeness (QED) is 0.262. The van der Waals surface area contributed by atoms with E-state index in [-0.39, 0.29) is 32.2 Å². The Morgan fingerprint density at radius 1 is 1.78 bits per heavy atom. The molecule has 5 heteroatoms. The zero-order valence-corrected chi connectivity index (χ0v) is 11.0. The Bertz CT molecular complexity index is 90.6. The smallest absolute Gasteiger partial charge is 0.263 e. The number of hydrogen-bond acceptors (Lipinski definition) is 2. The van der Waals surface area contributed by atoms with Gasteiger partial charge in [0, 0.05) is 11.3 Å². The van der Waals surface area contributed by atoms with Gasteiger partial charge < -0.3 is 0 Å². The Morgan fingerprint density at radius 3 is 2.33 bits per heavy atom. The Hall–Kier alpha value is 0.802. The monoisotopic (exact) mass is 295 g/mol. The van der Waals surface area contributed by atoms with Crippen LogP contribution in [0, 0.1) is 10.1 Å². The molecule has 1 unspecified atom stereocenters. The van der Waals surface area contributed by atoms with Gasteiger partial charge in [0.1, 0.15) is 0 Å². The Kier molecular flexibility index (Phi) is 9.59. The van der Waals surface area contributed by atoms with E-state index in [1.807, 2.05) is 6.92 Å². The van der Waals surface area contributed by atoms with E-state index in [1.54, 1.807) is 0 Å². The van der Waals surface area contributed by atoms with E-state index in [0.717, 1.165) is 6.42 Å². The van der Waals surface area contributed by atoms with Gasteiger partial charge in [0.15, 0.2) is 0 Å². The van der Waals surface area contributed by atoms with Crippen LogP contribution in [-0.4, -0.2) is 9.87 Å². The summed E-state index contributed by atoms with van der Waals surface area (Å²) in [7, 11) is 0. The van der Waals surface area contributed by atoms with Crippen molar-refractivity contribution in [2.45, 2.75) is 24.7 Å². The first-order valence-corrected chi connectivity index (χ1v) is 3.37. The molecule has 0 aromatic heterocycles. The number of nitrogens with zero attached hydrogens (tertiary/aromatic N) is 1. The van der Waals surface area contributed by atoms with Crippen molar-refractivity contribution in [2.24, 2.45) is 0 Å². The third-order valence-electron chi connectivity index (χ3n) is 0.756. The standard InChI is InChI=1S/C4H8BrNO2.Cd/c1-2-3-4(5)6(7)8;/h4H,2-3H2,1H3;/q;+2. The molecule has 9 heavy (non-hydrogen) atoms. The molecule has 0 radical (unpaired) electrons. The molecular formula is C4H8BrCdNO2+2. The second-order valence-corrected chi connectivity index (χ2v) is 2.57. The SMILES string of the molecule is CCCC(Br)[N+](=O)[O-].[Cd+2]. The van der Waals surface area contributed by atoms with E-state index in [0.29, 0.717) is 6.42 Å².